The molecule has 3 nitrogen and oxygen atoms in total. The van der Waals surface area contributed by atoms with Crippen LogP contribution < -0.4 is 13.6 Å². The van der Waals surface area contributed by atoms with Crippen molar-refractivity contribution in [3.8, 4) is 17.2 Å². The average molecular weight is 593 g/mol. The minimum atomic E-state index is -1.84. The Morgan fingerprint density at radius 2 is 1.14 bits per heavy atom. The first-order valence-corrected chi connectivity index (χ1v) is 16.2. The summed E-state index contributed by atoms with van der Waals surface area (Å²) in [6, 6.07) is 31.6. The van der Waals surface area contributed by atoms with Gasteiger partial charge in [0.25, 0.3) is 0 Å². The maximum atomic E-state index is 6.83. The number of aryl methyl sites for hydroxylation is 1. The van der Waals surface area contributed by atoms with Gasteiger partial charge in [-0.25, -0.2) is 0 Å². The van der Waals surface area contributed by atoms with Crippen LogP contribution in [-0.2, 0) is 16.2 Å². The van der Waals surface area contributed by atoms with E-state index in [4.69, 9.17) is 13.6 Å². The van der Waals surface area contributed by atoms with Crippen molar-refractivity contribution < 1.29 is 13.6 Å². The summed E-state index contributed by atoms with van der Waals surface area (Å²) in [7, 11) is -1.84. The molecule has 0 aliphatic heterocycles. The van der Waals surface area contributed by atoms with Crippen molar-refractivity contribution in [3.05, 3.63) is 113 Å². The highest BCUT2D eigenvalue weighted by molar-refractivity contribution is 7.43. The molecule has 0 aromatic heterocycles. The molecule has 0 aliphatic carbocycles. The summed E-state index contributed by atoms with van der Waals surface area (Å²) in [5.41, 5.74) is 4.69. The van der Waals surface area contributed by atoms with Crippen LogP contribution in [-0.4, -0.2) is 0 Å². The van der Waals surface area contributed by atoms with Gasteiger partial charge in [-0.15, -0.1) is 0 Å². The lowest BCUT2D eigenvalue weighted by Crippen LogP contribution is -2.18. The second-order valence-corrected chi connectivity index (χ2v) is 15.7. The van der Waals surface area contributed by atoms with E-state index in [1.165, 1.54) is 21.9 Å². The molecule has 0 bridgehead atoms. The van der Waals surface area contributed by atoms with Crippen LogP contribution in [0, 0.1) is 6.92 Å². The molecule has 1 atom stereocenters. The summed E-state index contributed by atoms with van der Waals surface area (Å²) >= 11 is 0. The number of rotatable bonds is 6. The molecule has 0 fully saturated rings. The first-order chi connectivity index (χ1) is 20.1. The van der Waals surface area contributed by atoms with Crippen molar-refractivity contribution in [2.24, 2.45) is 0 Å². The fraction of sp³-hybridized carbons (Fsp3) is 0.333. The molecule has 0 heterocycles. The van der Waals surface area contributed by atoms with E-state index in [0.717, 1.165) is 33.4 Å². The van der Waals surface area contributed by atoms with Crippen molar-refractivity contribution in [2.45, 2.75) is 85.5 Å². The average Bonchev–Trinajstić information content (AvgIpc) is 2.90. The second-order valence-electron chi connectivity index (χ2n) is 14.7. The third-order valence-electron chi connectivity index (χ3n) is 7.78. The van der Waals surface area contributed by atoms with Crippen molar-refractivity contribution in [3.63, 3.8) is 0 Å². The van der Waals surface area contributed by atoms with Gasteiger partial charge in [0, 0.05) is 5.56 Å². The van der Waals surface area contributed by atoms with Crippen LogP contribution >= 0.6 is 8.60 Å². The van der Waals surface area contributed by atoms with E-state index in [1.807, 2.05) is 42.5 Å². The number of hydrogen-bond donors (Lipinski definition) is 0. The van der Waals surface area contributed by atoms with Crippen LogP contribution in [0.25, 0.3) is 21.5 Å². The van der Waals surface area contributed by atoms with Crippen LogP contribution in [0.4, 0.5) is 0 Å². The Morgan fingerprint density at radius 1 is 0.488 bits per heavy atom. The van der Waals surface area contributed by atoms with Gasteiger partial charge in [0.1, 0.15) is 17.2 Å². The Morgan fingerprint density at radius 3 is 1.77 bits per heavy atom. The van der Waals surface area contributed by atoms with E-state index in [1.54, 1.807) is 0 Å². The van der Waals surface area contributed by atoms with E-state index in [-0.39, 0.29) is 16.2 Å². The van der Waals surface area contributed by atoms with Crippen molar-refractivity contribution in [1.29, 1.82) is 0 Å². The summed E-state index contributed by atoms with van der Waals surface area (Å²) < 4.78 is 19.8. The zero-order valence-electron chi connectivity index (χ0n) is 27.3. The Hall–Kier alpha value is -3.55. The fourth-order valence-electron chi connectivity index (χ4n) is 5.31. The molecule has 5 rings (SSSR count). The number of benzene rings is 5. The third kappa shape index (κ3) is 7.16. The van der Waals surface area contributed by atoms with Crippen molar-refractivity contribution in [1.82, 2.24) is 0 Å². The largest absolute Gasteiger partial charge is 0.530 e. The number of hydrogen-bond acceptors (Lipinski definition) is 3. The molecule has 0 spiro atoms. The maximum absolute atomic E-state index is 6.83. The Labute approximate surface area is 259 Å². The molecule has 0 saturated carbocycles. The van der Waals surface area contributed by atoms with Gasteiger partial charge in [-0.1, -0.05) is 117 Å². The highest BCUT2D eigenvalue weighted by atomic mass is 31.2. The predicted octanol–water partition coefficient (Wildman–Crippen LogP) is 12.0. The Bertz CT molecular complexity index is 1770. The molecule has 4 heteroatoms. The van der Waals surface area contributed by atoms with Gasteiger partial charge in [0.05, 0.1) is 0 Å². The topological polar surface area (TPSA) is 27.7 Å². The molecule has 224 valence electrons. The second kappa shape index (κ2) is 11.5. The molecule has 1 unspecified atom stereocenters. The van der Waals surface area contributed by atoms with Gasteiger partial charge in [-0.3, -0.25) is 0 Å². The first-order valence-electron chi connectivity index (χ1n) is 15.1. The van der Waals surface area contributed by atoms with E-state index in [2.05, 4.69) is 118 Å². The van der Waals surface area contributed by atoms with Gasteiger partial charge in [0.15, 0.2) is 0 Å². The van der Waals surface area contributed by atoms with Gasteiger partial charge >= 0.3 is 8.60 Å². The van der Waals surface area contributed by atoms with E-state index in [0.29, 0.717) is 5.75 Å². The van der Waals surface area contributed by atoms with Gasteiger partial charge in [-0.2, -0.15) is 0 Å². The van der Waals surface area contributed by atoms with E-state index >= 15 is 0 Å². The molecule has 5 aromatic rings. The molecule has 0 N–H and O–H groups in total. The highest BCUT2D eigenvalue weighted by Crippen LogP contribution is 2.48. The Balaban J connectivity index is 1.64. The summed E-state index contributed by atoms with van der Waals surface area (Å²) in [6.45, 7) is 22.4. The van der Waals surface area contributed by atoms with Crippen molar-refractivity contribution in [2.75, 3.05) is 0 Å². The zero-order chi connectivity index (χ0) is 31.2. The minimum Gasteiger partial charge on any atom is -0.408 e. The normalized spacial score (nSPS) is 13.3. The molecular weight excluding hydrogens is 547 g/mol. The van der Waals surface area contributed by atoms with Crippen LogP contribution in [0.3, 0.4) is 0 Å². The Kier molecular flexibility index (Phi) is 8.27. The van der Waals surface area contributed by atoms with Crippen LogP contribution in [0.1, 0.15) is 84.6 Å². The molecule has 43 heavy (non-hydrogen) atoms. The maximum Gasteiger partial charge on any atom is 0.530 e. The summed E-state index contributed by atoms with van der Waals surface area (Å²) in [5.74, 6) is 2.21. The highest BCUT2D eigenvalue weighted by Gasteiger charge is 2.29. The smallest absolute Gasteiger partial charge is 0.408 e. The molecule has 5 aromatic carbocycles. The summed E-state index contributed by atoms with van der Waals surface area (Å²) in [4.78, 5) is 0. The SMILES string of the molecule is Cc1cccc(OP(Oc2ccc3ccccc3c2)Oc2cc3c(C(C)(C)C)cc(C(C)(C)C)cc3cc2C(C)(C)C)c1. The molecule has 0 saturated heterocycles. The summed E-state index contributed by atoms with van der Waals surface area (Å²) in [5, 5.41) is 4.69. The summed E-state index contributed by atoms with van der Waals surface area (Å²) in [6.07, 6.45) is 0. The van der Waals surface area contributed by atoms with E-state index < -0.39 is 8.60 Å². The zero-order valence-corrected chi connectivity index (χ0v) is 28.2. The molecular formula is C39H45O3P. The predicted molar refractivity (Wildman–Crippen MR) is 184 cm³/mol. The molecule has 0 amide bonds. The minimum absolute atomic E-state index is 0.0366. The van der Waals surface area contributed by atoms with Crippen molar-refractivity contribution >= 4 is 30.1 Å². The fourth-order valence-corrected chi connectivity index (χ4v) is 6.31. The van der Waals surface area contributed by atoms with Crippen LogP contribution in [0.2, 0.25) is 0 Å². The van der Waals surface area contributed by atoms with Gasteiger partial charge in [0.2, 0.25) is 0 Å². The standard InChI is InChI=1S/C39H45O3P/c1-26-14-13-17-31(20-26)40-43(41-32-19-18-27-15-11-12-16-28(27)22-32)42-36-25-33-29(23-35(36)39(8,9)10)21-30(37(2,3)4)24-34(33)38(5,6)7/h11-25H,1-10H3. The molecule has 0 radical (unpaired) electrons. The lowest BCUT2D eigenvalue weighted by Gasteiger charge is -2.29. The quantitative estimate of drug-likeness (QED) is 0.184. The molecule has 0 aliphatic rings. The van der Waals surface area contributed by atoms with Gasteiger partial charge < -0.3 is 13.6 Å². The monoisotopic (exact) mass is 592 g/mol. The van der Waals surface area contributed by atoms with Crippen LogP contribution in [0.15, 0.2) is 91.0 Å². The van der Waals surface area contributed by atoms with E-state index in [9.17, 15) is 0 Å². The van der Waals surface area contributed by atoms with Gasteiger partial charge in [-0.05, 0) is 97.8 Å². The lowest BCUT2D eigenvalue weighted by molar-refractivity contribution is 0.383. The van der Waals surface area contributed by atoms with Crippen LogP contribution in [0.5, 0.6) is 17.2 Å². The first kappa shape index (κ1) is 30.9. The lowest BCUT2D eigenvalue weighted by atomic mass is 9.76. The number of fused-ring (bicyclic) bond motifs is 2. The third-order valence-corrected chi connectivity index (χ3v) is 8.84.